The van der Waals surface area contributed by atoms with Crippen LogP contribution in [0.2, 0.25) is 0 Å². The van der Waals surface area contributed by atoms with Gasteiger partial charge in [-0.2, -0.15) is 0 Å². The first-order valence-corrected chi connectivity index (χ1v) is 9.08. The Morgan fingerprint density at radius 3 is 2.64 bits per heavy atom. The van der Waals surface area contributed by atoms with Gasteiger partial charge in [0.05, 0.1) is 24.0 Å². The molecule has 0 saturated carbocycles. The van der Waals surface area contributed by atoms with E-state index < -0.39 is 0 Å². The molecular formula is C21H25N5O2. The number of aromatic nitrogens is 4. The lowest BCUT2D eigenvalue weighted by Crippen LogP contribution is -2.29. The molecule has 0 aliphatic rings. The number of nitrogens with zero attached hydrogens (tertiary/aromatic N) is 5. The summed E-state index contributed by atoms with van der Waals surface area (Å²) in [6, 6.07) is 5.74. The maximum absolute atomic E-state index is 12.6. The average Bonchev–Trinajstić information content (AvgIpc) is 3.28. The molecule has 3 rings (SSSR count). The van der Waals surface area contributed by atoms with Gasteiger partial charge in [0.15, 0.2) is 0 Å². The zero-order valence-corrected chi connectivity index (χ0v) is 16.9. The Bertz CT molecular complexity index is 1010. The number of benzene rings is 1. The molecule has 0 unspecified atom stereocenters. The summed E-state index contributed by atoms with van der Waals surface area (Å²) in [5.74, 6) is 0.310. The van der Waals surface area contributed by atoms with Gasteiger partial charge in [0.2, 0.25) is 5.89 Å². The maximum Gasteiger partial charge on any atom is 0.250 e. The number of carbonyl (C=O) groups is 1. The van der Waals surface area contributed by atoms with Crippen molar-refractivity contribution in [3.63, 3.8) is 0 Å². The van der Waals surface area contributed by atoms with Crippen molar-refractivity contribution >= 4 is 11.6 Å². The number of carbonyl (C=O) groups excluding carboxylic acids is 1. The van der Waals surface area contributed by atoms with Gasteiger partial charge in [-0.1, -0.05) is 17.9 Å². The van der Waals surface area contributed by atoms with Crippen LogP contribution < -0.4 is 4.90 Å². The van der Waals surface area contributed by atoms with E-state index in [4.69, 9.17) is 4.42 Å². The lowest BCUT2D eigenvalue weighted by molar-refractivity contribution is -0.114. The summed E-state index contributed by atoms with van der Waals surface area (Å²) in [6.07, 6.45) is 4.76. The number of oxazole rings is 1. The molecule has 7 heteroatoms. The van der Waals surface area contributed by atoms with Crippen molar-refractivity contribution in [2.75, 3.05) is 4.90 Å². The average molecular weight is 379 g/mol. The van der Waals surface area contributed by atoms with E-state index >= 15 is 0 Å². The fourth-order valence-electron chi connectivity index (χ4n) is 2.75. The first-order chi connectivity index (χ1) is 13.2. The molecule has 0 radical (unpaired) electrons. The second kappa shape index (κ2) is 7.42. The van der Waals surface area contributed by atoms with Crippen molar-refractivity contribution in [2.24, 2.45) is 0 Å². The molecule has 3 aromatic rings. The maximum atomic E-state index is 12.6. The monoisotopic (exact) mass is 379 g/mol. The number of anilines is 1. The Morgan fingerprint density at radius 1 is 1.32 bits per heavy atom. The number of rotatable bonds is 5. The molecule has 1 amide bonds. The summed E-state index contributed by atoms with van der Waals surface area (Å²) >= 11 is 0. The van der Waals surface area contributed by atoms with Crippen LogP contribution >= 0.6 is 0 Å². The third-order valence-corrected chi connectivity index (χ3v) is 4.37. The van der Waals surface area contributed by atoms with Crippen LogP contribution in [-0.2, 0) is 16.9 Å². The predicted octanol–water partition coefficient (Wildman–Crippen LogP) is 4.02. The van der Waals surface area contributed by atoms with Crippen LogP contribution in [0.1, 0.15) is 37.7 Å². The molecule has 7 nitrogen and oxygen atoms in total. The summed E-state index contributed by atoms with van der Waals surface area (Å²) in [4.78, 5) is 18.6. The third-order valence-electron chi connectivity index (χ3n) is 4.37. The number of aryl methyl sites for hydroxylation is 2. The summed E-state index contributed by atoms with van der Waals surface area (Å²) in [6.45, 7) is 13.9. The number of hydrogen-bond donors (Lipinski definition) is 0. The van der Waals surface area contributed by atoms with Crippen LogP contribution in [-0.4, -0.2) is 25.9 Å². The Hall–Kier alpha value is -3.22. The third kappa shape index (κ3) is 4.03. The fourth-order valence-corrected chi connectivity index (χ4v) is 2.75. The van der Waals surface area contributed by atoms with Crippen molar-refractivity contribution in [3.8, 4) is 11.5 Å². The highest BCUT2D eigenvalue weighted by Crippen LogP contribution is 2.29. The van der Waals surface area contributed by atoms with Gasteiger partial charge in [-0.05, 0) is 58.4 Å². The molecule has 2 heterocycles. The van der Waals surface area contributed by atoms with Gasteiger partial charge in [0, 0.05) is 11.3 Å². The summed E-state index contributed by atoms with van der Waals surface area (Å²) in [5, 5.41) is 8.40. The molecule has 28 heavy (non-hydrogen) atoms. The first kappa shape index (κ1) is 19.5. The van der Waals surface area contributed by atoms with E-state index in [2.05, 4.69) is 21.9 Å². The van der Waals surface area contributed by atoms with Gasteiger partial charge >= 0.3 is 0 Å². The van der Waals surface area contributed by atoms with Crippen LogP contribution in [0.15, 0.2) is 47.7 Å². The van der Waals surface area contributed by atoms with E-state index in [1.165, 1.54) is 6.08 Å². The second-order valence-electron chi connectivity index (χ2n) is 7.75. The minimum absolute atomic E-state index is 0.182. The van der Waals surface area contributed by atoms with E-state index in [-0.39, 0.29) is 18.0 Å². The number of hydrogen-bond acceptors (Lipinski definition) is 5. The Kier molecular flexibility index (Phi) is 5.18. The lowest BCUT2D eigenvalue weighted by Gasteiger charge is -2.21. The van der Waals surface area contributed by atoms with Crippen LogP contribution in [0.3, 0.4) is 0 Å². The van der Waals surface area contributed by atoms with E-state index in [9.17, 15) is 4.79 Å². The normalized spacial score (nSPS) is 11.5. The van der Waals surface area contributed by atoms with E-state index in [0.717, 1.165) is 16.8 Å². The predicted molar refractivity (Wildman–Crippen MR) is 108 cm³/mol. The number of amides is 1. The lowest BCUT2D eigenvalue weighted by atomic mass is 10.1. The Morgan fingerprint density at radius 2 is 2.07 bits per heavy atom. The molecule has 0 N–H and O–H groups in total. The standard InChI is InChI=1S/C21H25N5O2/c1-7-19(27)25(11-16-12-26(24-23-16)21(4,5)6)17-9-8-14(2)18(10-17)20-22-15(3)13-28-20/h7-10,12-13H,1,11H2,2-6H3. The van der Waals surface area contributed by atoms with Gasteiger partial charge in [-0.3, -0.25) is 4.79 Å². The Labute approximate surface area is 164 Å². The molecule has 0 fully saturated rings. The van der Waals surface area contributed by atoms with Crippen LogP contribution in [0, 0.1) is 13.8 Å². The largest absolute Gasteiger partial charge is 0.444 e. The van der Waals surface area contributed by atoms with Gasteiger partial charge in [-0.25, -0.2) is 9.67 Å². The minimum atomic E-state index is -0.219. The quantitative estimate of drug-likeness (QED) is 0.626. The molecule has 0 saturated heterocycles. The molecule has 0 bridgehead atoms. The highest BCUT2D eigenvalue weighted by Gasteiger charge is 2.20. The smallest absolute Gasteiger partial charge is 0.250 e. The van der Waals surface area contributed by atoms with Gasteiger partial charge < -0.3 is 9.32 Å². The van der Waals surface area contributed by atoms with Gasteiger partial charge in [0.1, 0.15) is 12.0 Å². The molecule has 0 aliphatic carbocycles. The fraction of sp³-hybridized carbons (Fsp3) is 0.333. The molecule has 0 atom stereocenters. The van der Waals surface area contributed by atoms with Crippen molar-refractivity contribution in [2.45, 2.75) is 46.7 Å². The van der Waals surface area contributed by atoms with E-state index in [1.54, 1.807) is 15.8 Å². The zero-order chi connectivity index (χ0) is 20.5. The second-order valence-corrected chi connectivity index (χ2v) is 7.75. The molecule has 0 spiro atoms. The summed E-state index contributed by atoms with van der Waals surface area (Å²) in [5.41, 5.74) is 3.88. The van der Waals surface area contributed by atoms with Crippen molar-refractivity contribution < 1.29 is 9.21 Å². The van der Waals surface area contributed by atoms with Crippen molar-refractivity contribution in [3.05, 3.63) is 60.3 Å². The molecular weight excluding hydrogens is 354 g/mol. The highest BCUT2D eigenvalue weighted by atomic mass is 16.3. The Balaban J connectivity index is 1.97. The highest BCUT2D eigenvalue weighted by molar-refractivity contribution is 6.01. The van der Waals surface area contributed by atoms with Gasteiger partial charge in [-0.15, -0.1) is 5.10 Å². The van der Waals surface area contributed by atoms with E-state index in [0.29, 0.717) is 17.3 Å². The first-order valence-electron chi connectivity index (χ1n) is 9.08. The van der Waals surface area contributed by atoms with Crippen molar-refractivity contribution in [1.82, 2.24) is 20.0 Å². The molecule has 2 aromatic heterocycles. The molecule has 1 aromatic carbocycles. The topological polar surface area (TPSA) is 77.1 Å². The SMILES string of the molecule is C=CC(=O)N(Cc1cn(C(C)(C)C)nn1)c1ccc(C)c(-c2nc(C)co2)c1. The van der Waals surface area contributed by atoms with Crippen LogP contribution in [0.25, 0.3) is 11.5 Å². The molecule has 146 valence electrons. The summed E-state index contributed by atoms with van der Waals surface area (Å²) in [7, 11) is 0. The minimum Gasteiger partial charge on any atom is -0.444 e. The van der Waals surface area contributed by atoms with Gasteiger partial charge in [0.25, 0.3) is 5.91 Å². The summed E-state index contributed by atoms with van der Waals surface area (Å²) < 4.78 is 7.34. The van der Waals surface area contributed by atoms with Crippen molar-refractivity contribution in [1.29, 1.82) is 0 Å². The van der Waals surface area contributed by atoms with Crippen LogP contribution in [0.4, 0.5) is 5.69 Å². The van der Waals surface area contributed by atoms with Crippen LogP contribution in [0.5, 0.6) is 0 Å². The molecule has 0 aliphatic heterocycles. The van der Waals surface area contributed by atoms with E-state index in [1.807, 2.05) is 59.0 Å². The zero-order valence-electron chi connectivity index (χ0n) is 16.9.